The molecule has 1 saturated heterocycles. The van der Waals surface area contributed by atoms with Crippen molar-refractivity contribution < 1.29 is 53.0 Å². The van der Waals surface area contributed by atoms with Crippen molar-refractivity contribution in [3.63, 3.8) is 0 Å². The van der Waals surface area contributed by atoms with Gasteiger partial charge in [0, 0.05) is 23.6 Å². The molecule has 1 aliphatic heterocycles. The van der Waals surface area contributed by atoms with E-state index in [1.807, 2.05) is 0 Å². The minimum absolute atomic E-state index is 0.00338. The van der Waals surface area contributed by atoms with E-state index in [-0.39, 0.29) is 46.4 Å². The number of nitrogens with one attached hydrogen (secondary N) is 2. The molecular weight excluding hydrogens is 640 g/mol. The number of anilines is 3. The number of benzene rings is 3. The molecule has 18 heteroatoms. The molecule has 1 fully saturated rings. The highest BCUT2D eigenvalue weighted by Crippen LogP contribution is 2.42. The van der Waals surface area contributed by atoms with Crippen molar-refractivity contribution in [2.75, 3.05) is 23.3 Å². The highest BCUT2D eigenvalue weighted by atomic mass is 35.5. The van der Waals surface area contributed by atoms with Crippen molar-refractivity contribution in [1.29, 1.82) is 0 Å². The maximum absolute atomic E-state index is 14.7. The molecule has 0 amide bonds. The first-order valence-corrected chi connectivity index (χ1v) is 13.7. The van der Waals surface area contributed by atoms with Gasteiger partial charge in [-0.1, -0.05) is 11.6 Å². The molecule has 2 heterocycles. The average molecular weight is 655 g/mol. The number of ether oxygens (including phenoxy) is 2. The standard InChI is InChI=1S/C25H15ClF8N4O4S/c26-13-5-10(1-2-14(13)27)37-24-12-6-16(17(7-15(12)35-9-36-24)42-11-3-4-41-8-11)38-43(39,40)23-18(25(32,33)34)19(28)20(29)21(30)22(23)31/h1-2,5-7,9,11,38H,3-4,8H2,(H,35,36,37). The van der Waals surface area contributed by atoms with E-state index in [1.54, 1.807) is 4.72 Å². The Morgan fingerprint density at radius 1 is 0.977 bits per heavy atom. The third-order valence-corrected chi connectivity index (χ3v) is 7.82. The molecule has 3 aromatic carbocycles. The summed E-state index contributed by atoms with van der Waals surface area (Å²) in [6.45, 7) is 0.317. The van der Waals surface area contributed by atoms with Gasteiger partial charge in [0.1, 0.15) is 40.3 Å². The van der Waals surface area contributed by atoms with E-state index < -0.39 is 67.5 Å². The Balaban J connectivity index is 1.67. The topological polar surface area (TPSA) is 102 Å². The Morgan fingerprint density at radius 3 is 2.35 bits per heavy atom. The fourth-order valence-electron chi connectivity index (χ4n) is 4.17. The lowest BCUT2D eigenvalue weighted by Crippen LogP contribution is -2.25. The van der Waals surface area contributed by atoms with Crippen molar-refractivity contribution in [3.05, 3.63) is 76.3 Å². The minimum Gasteiger partial charge on any atom is -0.486 e. The van der Waals surface area contributed by atoms with Crippen LogP contribution in [0, 0.1) is 29.1 Å². The first-order chi connectivity index (χ1) is 20.2. The number of hydrogen-bond donors (Lipinski definition) is 2. The molecule has 0 spiro atoms. The van der Waals surface area contributed by atoms with Gasteiger partial charge >= 0.3 is 6.18 Å². The van der Waals surface area contributed by atoms with E-state index in [9.17, 15) is 43.5 Å². The molecule has 1 aromatic heterocycles. The molecule has 0 bridgehead atoms. The summed E-state index contributed by atoms with van der Waals surface area (Å²) in [6.07, 6.45) is -5.20. The first kappa shape index (κ1) is 30.5. The van der Waals surface area contributed by atoms with E-state index in [0.717, 1.165) is 18.5 Å². The van der Waals surface area contributed by atoms with Gasteiger partial charge in [0.05, 0.1) is 29.4 Å². The maximum Gasteiger partial charge on any atom is 0.420 e. The predicted octanol–water partition coefficient (Wildman–Crippen LogP) is 6.71. The third-order valence-electron chi connectivity index (χ3n) is 6.12. The molecule has 4 aromatic rings. The zero-order valence-corrected chi connectivity index (χ0v) is 22.6. The molecule has 0 radical (unpaired) electrons. The zero-order chi connectivity index (χ0) is 31.3. The predicted molar refractivity (Wildman–Crippen MR) is 136 cm³/mol. The van der Waals surface area contributed by atoms with E-state index in [2.05, 4.69) is 15.3 Å². The second-order valence-corrected chi connectivity index (χ2v) is 11.0. The number of aromatic nitrogens is 2. The van der Waals surface area contributed by atoms with E-state index in [0.29, 0.717) is 6.42 Å². The SMILES string of the molecule is O=S(=O)(Nc1cc2c(Nc3ccc(F)c(Cl)c3)ncnc2cc1OC1CCOC1)c1c(F)c(F)c(F)c(F)c1C(F)(F)F. The number of alkyl halides is 3. The summed E-state index contributed by atoms with van der Waals surface area (Å²) < 4.78 is 150. The van der Waals surface area contributed by atoms with Crippen molar-refractivity contribution in [3.8, 4) is 5.75 Å². The van der Waals surface area contributed by atoms with E-state index in [4.69, 9.17) is 21.1 Å². The van der Waals surface area contributed by atoms with Gasteiger partial charge in [0.2, 0.25) is 0 Å². The Bertz CT molecular complexity index is 1850. The lowest BCUT2D eigenvalue weighted by molar-refractivity contribution is -0.143. The monoisotopic (exact) mass is 654 g/mol. The van der Waals surface area contributed by atoms with Crippen LogP contribution < -0.4 is 14.8 Å². The number of fused-ring (bicyclic) bond motifs is 1. The van der Waals surface area contributed by atoms with Crippen LogP contribution in [0.15, 0.2) is 41.6 Å². The summed E-state index contributed by atoms with van der Waals surface area (Å²) in [5.74, 6) is -12.5. The van der Waals surface area contributed by atoms with Gasteiger partial charge in [0.25, 0.3) is 10.0 Å². The summed E-state index contributed by atoms with van der Waals surface area (Å²) in [5, 5.41) is 2.55. The van der Waals surface area contributed by atoms with Crippen molar-refractivity contribution in [2.24, 2.45) is 0 Å². The molecule has 5 rings (SSSR count). The average Bonchev–Trinajstić information content (AvgIpc) is 3.44. The van der Waals surface area contributed by atoms with Gasteiger partial charge in [-0.15, -0.1) is 0 Å². The quantitative estimate of drug-likeness (QED) is 0.130. The van der Waals surface area contributed by atoms with Crippen LogP contribution in [0.5, 0.6) is 5.75 Å². The first-order valence-electron chi connectivity index (χ1n) is 11.9. The van der Waals surface area contributed by atoms with Crippen LogP contribution in [0.1, 0.15) is 12.0 Å². The van der Waals surface area contributed by atoms with Crippen LogP contribution in [-0.2, 0) is 20.9 Å². The second-order valence-electron chi connectivity index (χ2n) is 9.01. The Kier molecular flexibility index (Phi) is 8.00. The second kappa shape index (κ2) is 11.3. The van der Waals surface area contributed by atoms with Gasteiger partial charge < -0.3 is 14.8 Å². The van der Waals surface area contributed by atoms with Gasteiger partial charge in [0.15, 0.2) is 23.3 Å². The lowest BCUT2D eigenvalue weighted by Gasteiger charge is -2.20. The van der Waals surface area contributed by atoms with Gasteiger partial charge in [-0.2, -0.15) is 13.2 Å². The normalized spacial score (nSPS) is 15.6. The molecular formula is C25H15ClF8N4O4S. The van der Waals surface area contributed by atoms with Gasteiger partial charge in [-0.3, -0.25) is 4.72 Å². The summed E-state index contributed by atoms with van der Waals surface area (Å²) in [4.78, 5) is 5.58. The Morgan fingerprint density at radius 2 is 1.70 bits per heavy atom. The number of nitrogens with zero attached hydrogens (tertiary/aromatic N) is 2. The molecule has 43 heavy (non-hydrogen) atoms. The number of sulfonamides is 1. The number of halogens is 9. The summed E-state index contributed by atoms with van der Waals surface area (Å²) >= 11 is 5.81. The number of rotatable bonds is 7. The summed E-state index contributed by atoms with van der Waals surface area (Å²) in [7, 11) is -5.85. The molecule has 0 saturated carbocycles. The fraction of sp³-hybridized carbons (Fsp3) is 0.200. The molecule has 1 unspecified atom stereocenters. The van der Waals surface area contributed by atoms with Crippen LogP contribution in [0.4, 0.5) is 52.3 Å². The Labute approximate surface area is 241 Å². The highest BCUT2D eigenvalue weighted by molar-refractivity contribution is 7.92. The highest BCUT2D eigenvalue weighted by Gasteiger charge is 2.46. The van der Waals surface area contributed by atoms with Gasteiger partial charge in [-0.05, 0) is 24.3 Å². The minimum atomic E-state index is -5.96. The largest absolute Gasteiger partial charge is 0.486 e. The molecule has 8 nitrogen and oxygen atoms in total. The van der Waals surface area contributed by atoms with Gasteiger partial charge in [-0.25, -0.2) is 40.3 Å². The van der Waals surface area contributed by atoms with E-state index >= 15 is 0 Å². The third kappa shape index (κ3) is 5.96. The molecule has 1 aliphatic rings. The fourth-order valence-corrected chi connectivity index (χ4v) is 5.70. The molecule has 228 valence electrons. The van der Waals surface area contributed by atoms with Crippen LogP contribution in [0.2, 0.25) is 5.02 Å². The van der Waals surface area contributed by atoms with Crippen LogP contribution in [0.25, 0.3) is 10.9 Å². The number of hydrogen-bond acceptors (Lipinski definition) is 7. The van der Waals surface area contributed by atoms with Crippen molar-refractivity contribution in [2.45, 2.75) is 23.6 Å². The molecule has 2 N–H and O–H groups in total. The summed E-state index contributed by atoms with van der Waals surface area (Å²) in [6, 6.07) is 5.69. The maximum atomic E-state index is 14.7. The van der Waals surface area contributed by atoms with Crippen molar-refractivity contribution >= 4 is 49.7 Å². The lowest BCUT2D eigenvalue weighted by atomic mass is 10.1. The van der Waals surface area contributed by atoms with Crippen LogP contribution >= 0.6 is 11.6 Å². The smallest absolute Gasteiger partial charge is 0.420 e. The zero-order valence-electron chi connectivity index (χ0n) is 21.0. The molecule has 1 atom stereocenters. The molecule has 0 aliphatic carbocycles. The summed E-state index contributed by atoms with van der Waals surface area (Å²) in [5.41, 5.74) is -3.20. The van der Waals surface area contributed by atoms with Crippen LogP contribution in [0.3, 0.4) is 0 Å². The Hall–Kier alpha value is -3.96. The van der Waals surface area contributed by atoms with Crippen LogP contribution in [-0.4, -0.2) is 37.7 Å². The van der Waals surface area contributed by atoms with Crippen molar-refractivity contribution in [1.82, 2.24) is 9.97 Å². The van der Waals surface area contributed by atoms with E-state index in [1.165, 1.54) is 18.2 Å².